The maximum absolute atomic E-state index is 13.2. The lowest BCUT2D eigenvalue weighted by molar-refractivity contribution is -0.116. The first-order chi connectivity index (χ1) is 15.3. The molecular formula is C22H18ClN3O3S3. The molecular weight excluding hydrogens is 486 g/mol. The normalized spacial score (nSPS) is 11.6. The minimum absolute atomic E-state index is 0.115. The van der Waals surface area contributed by atoms with E-state index in [1.807, 2.05) is 24.3 Å². The quantitative estimate of drug-likeness (QED) is 0.327. The van der Waals surface area contributed by atoms with Crippen LogP contribution in [0.4, 0.5) is 5.13 Å². The van der Waals surface area contributed by atoms with Gasteiger partial charge in [-0.25, -0.2) is 13.4 Å². The minimum atomic E-state index is -3.34. The number of nitrogens with zero attached hydrogens (tertiary/aromatic N) is 3. The van der Waals surface area contributed by atoms with Crippen LogP contribution in [0.2, 0.25) is 5.02 Å². The highest BCUT2D eigenvalue weighted by molar-refractivity contribution is 8.00. The number of thioether (sulfide) groups is 1. The highest BCUT2D eigenvalue weighted by atomic mass is 35.5. The molecule has 0 N–H and O–H groups in total. The first-order valence-electron chi connectivity index (χ1n) is 9.48. The highest BCUT2D eigenvalue weighted by Crippen LogP contribution is 2.32. The number of pyridine rings is 1. The maximum Gasteiger partial charge on any atom is 0.239 e. The van der Waals surface area contributed by atoms with E-state index in [0.717, 1.165) is 10.5 Å². The van der Waals surface area contributed by atoms with Gasteiger partial charge < -0.3 is 0 Å². The lowest BCUT2D eigenvalue weighted by Gasteiger charge is -2.19. The highest BCUT2D eigenvalue weighted by Gasteiger charge is 2.21. The van der Waals surface area contributed by atoms with Gasteiger partial charge in [0.05, 0.1) is 27.4 Å². The van der Waals surface area contributed by atoms with Crippen LogP contribution in [0.1, 0.15) is 5.56 Å². The van der Waals surface area contributed by atoms with E-state index in [4.69, 9.17) is 11.6 Å². The van der Waals surface area contributed by atoms with Gasteiger partial charge in [-0.3, -0.25) is 14.7 Å². The van der Waals surface area contributed by atoms with E-state index < -0.39 is 9.84 Å². The topological polar surface area (TPSA) is 80.2 Å². The van der Waals surface area contributed by atoms with Crippen molar-refractivity contribution < 1.29 is 13.2 Å². The molecule has 0 bridgehead atoms. The van der Waals surface area contributed by atoms with Crippen molar-refractivity contribution in [1.29, 1.82) is 0 Å². The summed E-state index contributed by atoms with van der Waals surface area (Å²) in [5.41, 5.74) is 1.51. The van der Waals surface area contributed by atoms with Gasteiger partial charge in [-0.2, -0.15) is 0 Å². The third-order valence-electron chi connectivity index (χ3n) is 4.55. The van der Waals surface area contributed by atoms with E-state index in [1.54, 1.807) is 41.6 Å². The van der Waals surface area contributed by atoms with Gasteiger partial charge in [0.2, 0.25) is 5.91 Å². The molecule has 164 valence electrons. The Balaban J connectivity index is 1.64. The van der Waals surface area contributed by atoms with Gasteiger partial charge >= 0.3 is 0 Å². The fourth-order valence-corrected chi connectivity index (χ4v) is 5.57. The summed E-state index contributed by atoms with van der Waals surface area (Å²) in [4.78, 5) is 24.7. The standard InChI is InChI=1S/C22H18ClN3O3S3/c1-32(28,29)18-8-9-19-20(11-18)31-22(25-19)26(13-15-3-2-10-24-12-15)21(27)14-30-17-6-4-16(23)5-7-17/h2-12H,13-14H2,1H3. The van der Waals surface area contributed by atoms with Crippen molar-refractivity contribution in [3.63, 3.8) is 0 Å². The van der Waals surface area contributed by atoms with Crippen LogP contribution < -0.4 is 4.90 Å². The second kappa shape index (κ2) is 9.58. The molecule has 0 spiro atoms. The van der Waals surface area contributed by atoms with Crippen LogP contribution in [0.25, 0.3) is 10.2 Å². The molecule has 2 heterocycles. The Bertz CT molecular complexity index is 1360. The number of rotatable bonds is 7. The number of carbonyl (C=O) groups excluding carboxylic acids is 1. The number of hydrogen-bond donors (Lipinski definition) is 0. The molecule has 0 saturated heterocycles. The Hall–Kier alpha value is -2.46. The fraction of sp³-hybridized carbons (Fsp3) is 0.136. The summed E-state index contributed by atoms with van der Waals surface area (Å²) in [5.74, 6) is 0.100. The zero-order chi connectivity index (χ0) is 22.7. The summed E-state index contributed by atoms with van der Waals surface area (Å²) in [7, 11) is -3.34. The molecule has 0 fully saturated rings. The monoisotopic (exact) mass is 503 g/mol. The van der Waals surface area contributed by atoms with Crippen LogP contribution >= 0.6 is 34.7 Å². The molecule has 0 aliphatic heterocycles. The minimum Gasteiger partial charge on any atom is -0.283 e. The number of anilines is 1. The Morgan fingerprint density at radius 2 is 1.94 bits per heavy atom. The number of hydrogen-bond acceptors (Lipinski definition) is 7. The van der Waals surface area contributed by atoms with E-state index in [9.17, 15) is 13.2 Å². The predicted molar refractivity (Wildman–Crippen MR) is 130 cm³/mol. The zero-order valence-corrected chi connectivity index (χ0v) is 20.1. The molecule has 0 unspecified atom stereocenters. The van der Waals surface area contributed by atoms with E-state index in [1.165, 1.54) is 35.4 Å². The number of amides is 1. The fourth-order valence-electron chi connectivity index (χ4n) is 2.93. The number of halogens is 1. The lowest BCUT2D eigenvalue weighted by Crippen LogP contribution is -2.31. The Kier molecular flexibility index (Phi) is 6.80. The number of fused-ring (bicyclic) bond motifs is 1. The SMILES string of the molecule is CS(=O)(=O)c1ccc2nc(N(Cc3cccnc3)C(=O)CSc3ccc(Cl)cc3)sc2c1. The van der Waals surface area contributed by atoms with Gasteiger partial charge in [-0.15, -0.1) is 11.8 Å². The maximum atomic E-state index is 13.2. The van der Waals surface area contributed by atoms with Crippen LogP contribution in [0.3, 0.4) is 0 Å². The van der Waals surface area contributed by atoms with Crippen molar-refractivity contribution in [2.45, 2.75) is 16.3 Å². The smallest absolute Gasteiger partial charge is 0.239 e. The van der Waals surface area contributed by atoms with Gasteiger partial charge in [0.15, 0.2) is 15.0 Å². The van der Waals surface area contributed by atoms with E-state index in [-0.39, 0.29) is 16.6 Å². The molecule has 1 amide bonds. The first kappa shape index (κ1) is 22.7. The van der Waals surface area contributed by atoms with Crippen molar-refractivity contribution in [3.05, 3.63) is 77.6 Å². The van der Waals surface area contributed by atoms with Crippen LogP contribution in [0, 0.1) is 0 Å². The summed E-state index contributed by atoms with van der Waals surface area (Å²) >= 11 is 8.64. The summed E-state index contributed by atoms with van der Waals surface area (Å²) in [6, 6.07) is 15.8. The number of thiazole rings is 1. The molecule has 0 saturated carbocycles. The molecule has 4 rings (SSSR count). The number of benzene rings is 2. The molecule has 2 aromatic heterocycles. The average molecular weight is 504 g/mol. The van der Waals surface area contributed by atoms with Crippen LogP contribution in [-0.4, -0.2) is 36.3 Å². The molecule has 10 heteroatoms. The van der Waals surface area contributed by atoms with Crippen molar-refractivity contribution in [3.8, 4) is 0 Å². The number of sulfone groups is 1. The second-order valence-corrected chi connectivity index (χ2v) is 11.5. The van der Waals surface area contributed by atoms with Crippen molar-refractivity contribution in [2.75, 3.05) is 16.9 Å². The number of carbonyl (C=O) groups is 1. The van der Waals surface area contributed by atoms with Crippen LogP contribution in [-0.2, 0) is 21.2 Å². The second-order valence-electron chi connectivity index (χ2n) is 6.98. The largest absolute Gasteiger partial charge is 0.283 e. The summed E-state index contributed by atoms with van der Waals surface area (Å²) < 4.78 is 24.5. The Morgan fingerprint density at radius 3 is 2.62 bits per heavy atom. The van der Waals surface area contributed by atoms with E-state index in [0.29, 0.717) is 26.9 Å². The van der Waals surface area contributed by atoms with Crippen LogP contribution in [0.5, 0.6) is 0 Å². The predicted octanol–water partition coefficient (Wildman–Crippen LogP) is 5.07. The molecule has 0 aliphatic rings. The third kappa shape index (κ3) is 5.47. The summed E-state index contributed by atoms with van der Waals surface area (Å²) in [6.45, 7) is 0.312. The van der Waals surface area contributed by atoms with Gasteiger partial charge in [0.25, 0.3) is 0 Å². The van der Waals surface area contributed by atoms with E-state index >= 15 is 0 Å². The molecule has 0 atom stereocenters. The first-order valence-corrected chi connectivity index (χ1v) is 13.5. The van der Waals surface area contributed by atoms with Gasteiger partial charge in [0.1, 0.15) is 0 Å². The Labute approximate surface area is 199 Å². The molecule has 4 aromatic rings. The van der Waals surface area contributed by atoms with Crippen molar-refractivity contribution in [1.82, 2.24) is 9.97 Å². The molecule has 0 aliphatic carbocycles. The molecule has 32 heavy (non-hydrogen) atoms. The number of aromatic nitrogens is 2. The lowest BCUT2D eigenvalue weighted by atomic mass is 10.2. The third-order valence-corrected chi connectivity index (χ3v) is 7.95. The van der Waals surface area contributed by atoms with Crippen molar-refractivity contribution >= 4 is 65.8 Å². The van der Waals surface area contributed by atoms with Crippen LogP contribution in [0.15, 0.2) is 76.8 Å². The summed E-state index contributed by atoms with van der Waals surface area (Å²) in [6.07, 6.45) is 4.56. The van der Waals surface area contributed by atoms with Gasteiger partial charge in [0, 0.05) is 28.6 Å². The van der Waals surface area contributed by atoms with E-state index in [2.05, 4.69) is 9.97 Å². The van der Waals surface area contributed by atoms with Crippen molar-refractivity contribution in [2.24, 2.45) is 0 Å². The summed E-state index contributed by atoms with van der Waals surface area (Å²) in [5, 5.41) is 1.15. The molecule has 6 nitrogen and oxygen atoms in total. The van der Waals surface area contributed by atoms with Gasteiger partial charge in [-0.1, -0.05) is 29.0 Å². The molecule has 0 radical (unpaired) electrons. The van der Waals surface area contributed by atoms with Gasteiger partial charge in [-0.05, 0) is 54.1 Å². The average Bonchev–Trinajstić information content (AvgIpc) is 3.20. The molecule has 2 aromatic carbocycles. The zero-order valence-electron chi connectivity index (χ0n) is 16.9. The Morgan fingerprint density at radius 1 is 1.16 bits per heavy atom.